The molecule has 7 nitrogen and oxygen atoms in total. The van der Waals surface area contributed by atoms with Crippen LogP contribution in [0.15, 0.2) is 73.2 Å². The Kier molecular flexibility index (Phi) is 6.21. The van der Waals surface area contributed by atoms with Crippen molar-refractivity contribution < 1.29 is 18.7 Å². The van der Waals surface area contributed by atoms with E-state index in [9.17, 15) is 9.18 Å². The van der Waals surface area contributed by atoms with E-state index in [2.05, 4.69) is 10.4 Å². The summed E-state index contributed by atoms with van der Waals surface area (Å²) < 4.78 is 27.5. The third-order valence-electron chi connectivity index (χ3n) is 5.08. The zero-order chi connectivity index (χ0) is 22.5. The van der Waals surface area contributed by atoms with Crippen molar-refractivity contribution in [3.8, 4) is 23.0 Å². The first kappa shape index (κ1) is 21.2. The minimum absolute atomic E-state index is 0.260. The summed E-state index contributed by atoms with van der Waals surface area (Å²) in [5.41, 5.74) is 1.98. The third-order valence-corrected chi connectivity index (χ3v) is 5.08. The van der Waals surface area contributed by atoms with Gasteiger partial charge in [0.1, 0.15) is 22.9 Å². The fourth-order valence-corrected chi connectivity index (χ4v) is 3.48. The normalized spacial score (nSPS) is 10.7. The molecule has 2 heterocycles. The number of benzene rings is 2. The van der Waals surface area contributed by atoms with E-state index < -0.39 is 0 Å². The number of nitrogens with zero attached hydrogens (tertiary/aromatic N) is 3. The standard InChI is InChI=1S/C24H23FN4O3/c1-31-20-9-10-22(32-2)17(15-20)11-12-26-23(30)21-16-27-29(19-7-5-18(25)6-8-19)24(21)28-13-3-4-14-28/h3-10,13-16H,11-12H2,1-2H3,(H,26,30). The molecule has 0 aliphatic heterocycles. The highest BCUT2D eigenvalue weighted by molar-refractivity contribution is 5.97. The molecule has 0 atom stereocenters. The second kappa shape index (κ2) is 9.38. The number of carbonyl (C=O) groups excluding carboxylic acids is 1. The van der Waals surface area contributed by atoms with E-state index in [0.717, 1.165) is 17.1 Å². The average Bonchev–Trinajstić information content (AvgIpc) is 3.49. The number of aromatic nitrogens is 3. The number of amides is 1. The lowest BCUT2D eigenvalue weighted by molar-refractivity contribution is 0.0954. The molecule has 0 bridgehead atoms. The number of halogens is 1. The Bertz CT molecular complexity index is 1200. The van der Waals surface area contributed by atoms with Gasteiger partial charge >= 0.3 is 0 Å². The van der Waals surface area contributed by atoms with Crippen molar-refractivity contribution in [2.75, 3.05) is 20.8 Å². The lowest BCUT2D eigenvalue weighted by Gasteiger charge is -2.12. The smallest absolute Gasteiger partial charge is 0.256 e. The minimum Gasteiger partial charge on any atom is -0.497 e. The minimum atomic E-state index is -0.339. The van der Waals surface area contributed by atoms with Gasteiger partial charge in [-0.2, -0.15) is 5.10 Å². The molecule has 164 valence electrons. The highest BCUT2D eigenvalue weighted by Gasteiger charge is 2.20. The molecule has 0 saturated heterocycles. The Morgan fingerprint density at radius 1 is 1.06 bits per heavy atom. The highest BCUT2D eigenvalue weighted by atomic mass is 19.1. The van der Waals surface area contributed by atoms with Crippen molar-refractivity contribution in [3.05, 3.63) is 90.1 Å². The highest BCUT2D eigenvalue weighted by Crippen LogP contribution is 2.24. The van der Waals surface area contributed by atoms with Crippen LogP contribution < -0.4 is 14.8 Å². The van der Waals surface area contributed by atoms with Crippen molar-refractivity contribution in [1.82, 2.24) is 19.7 Å². The molecule has 4 aromatic rings. The molecule has 0 spiro atoms. The van der Waals surface area contributed by atoms with Crippen LogP contribution in [0.3, 0.4) is 0 Å². The zero-order valence-corrected chi connectivity index (χ0v) is 17.8. The fourth-order valence-electron chi connectivity index (χ4n) is 3.48. The number of methoxy groups -OCH3 is 2. The molecule has 0 aliphatic carbocycles. The van der Waals surface area contributed by atoms with Gasteiger partial charge in [-0.3, -0.25) is 4.79 Å². The molecule has 0 fully saturated rings. The molecule has 4 rings (SSSR count). The summed E-state index contributed by atoms with van der Waals surface area (Å²) in [6, 6.07) is 15.2. The zero-order valence-electron chi connectivity index (χ0n) is 17.8. The number of hydrogen-bond acceptors (Lipinski definition) is 4. The summed E-state index contributed by atoms with van der Waals surface area (Å²) in [5.74, 6) is 1.43. The summed E-state index contributed by atoms with van der Waals surface area (Å²) >= 11 is 0. The fraction of sp³-hybridized carbons (Fsp3) is 0.167. The molecular weight excluding hydrogens is 411 g/mol. The molecule has 2 aromatic heterocycles. The molecule has 2 aromatic carbocycles. The van der Waals surface area contributed by atoms with E-state index in [1.54, 1.807) is 35.6 Å². The molecule has 0 saturated carbocycles. The van der Waals surface area contributed by atoms with E-state index in [1.165, 1.54) is 18.3 Å². The first-order chi connectivity index (χ1) is 15.6. The number of hydrogen-bond donors (Lipinski definition) is 1. The summed E-state index contributed by atoms with van der Waals surface area (Å²) in [7, 11) is 3.21. The van der Waals surface area contributed by atoms with E-state index in [0.29, 0.717) is 30.0 Å². The lowest BCUT2D eigenvalue weighted by Crippen LogP contribution is -2.26. The molecule has 0 radical (unpaired) electrons. The van der Waals surface area contributed by atoms with Gasteiger partial charge in [-0.05, 0) is 66.6 Å². The van der Waals surface area contributed by atoms with Gasteiger partial charge in [-0.25, -0.2) is 9.07 Å². The summed E-state index contributed by atoms with van der Waals surface area (Å²) in [4.78, 5) is 13.0. The number of carbonyl (C=O) groups is 1. The number of ether oxygens (including phenoxy) is 2. The lowest BCUT2D eigenvalue weighted by atomic mass is 10.1. The maximum absolute atomic E-state index is 13.4. The summed E-state index contributed by atoms with van der Waals surface area (Å²) in [6.45, 7) is 0.398. The topological polar surface area (TPSA) is 70.3 Å². The van der Waals surface area contributed by atoms with Crippen molar-refractivity contribution in [3.63, 3.8) is 0 Å². The van der Waals surface area contributed by atoms with Gasteiger partial charge < -0.3 is 19.4 Å². The second-order valence-corrected chi connectivity index (χ2v) is 7.04. The molecule has 1 N–H and O–H groups in total. The predicted molar refractivity (Wildman–Crippen MR) is 118 cm³/mol. The van der Waals surface area contributed by atoms with Gasteiger partial charge in [0.05, 0.1) is 26.1 Å². The van der Waals surface area contributed by atoms with Gasteiger partial charge in [0.25, 0.3) is 5.91 Å². The van der Waals surface area contributed by atoms with Crippen LogP contribution in [0.25, 0.3) is 11.5 Å². The molecule has 8 heteroatoms. The van der Waals surface area contributed by atoms with Crippen molar-refractivity contribution in [2.45, 2.75) is 6.42 Å². The predicted octanol–water partition coefficient (Wildman–Crippen LogP) is 3.79. The molecule has 0 aliphatic rings. The first-order valence-electron chi connectivity index (χ1n) is 10.1. The van der Waals surface area contributed by atoms with E-state index >= 15 is 0 Å². The van der Waals surface area contributed by atoms with Crippen molar-refractivity contribution in [1.29, 1.82) is 0 Å². The Morgan fingerprint density at radius 3 is 2.50 bits per heavy atom. The van der Waals surface area contributed by atoms with Crippen LogP contribution in [-0.2, 0) is 6.42 Å². The van der Waals surface area contributed by atoms with Crippen LogP contribution in [0.5, 0.6) is 11.5 Å². The SMILES string of the molecule is COc1ccc(OC)c(CCNC(=O)c2cnn(-c3ccc(F)cc3)c2-n2cccc2)c1. The number of nitrogens with one attached hydrogen (secondary N) is 1. The Hall–Kier alpha value is -4.07. The van der Waals surface area contributed by atoms with Gasteiger partial charge in [-0.1, -0.05) is 0 Å². The van der Waals surface area contributed by atoms with Gasteiger partial charge in [0.2, 0.25) is 0 Å². The van der Waals surface area contributed by atoms with E-state index in [4.69, 9.17) is 9.47 Å². The number of rotatable bonds is 8. The Labute approximate surface area is 185 Å². The van der Waals surface area contributed by atoms with Crippen LogP contribution in [0.4, 0.5) is 4.39 Å². The largest absolute Gasteiger partial charge is 0.497 e. The molecule has 32 heavy (non-hydrogen) atoms. The van der Waals surface area contributed by atoms with Crippen LogP contribution in [0.1, 0.15) is 15.9 Å². The third kappa shape index (κ3) is 4.34. The van der Waals surface area contributed by atoms with Gasteiger partial charge in [-0.15, -0.1) is 0 Å². The van der Waals surface area contributed by atoms with E-state index in [-0.39, 0.29) is 11.7 Å². The molecular formula is C24H23FN4O3. The van der Waals surface area contributed by atoms with Gasteiger partial charge in [0.15, 0.2) is 5.82 Å². The first-order valence-corrected chi connectivity index (χ1v) is 10.1. The quantitative estimate of drug-likeness (QED) is 0.458. The maximum atomic E-state index is 13.4. The van der Waals surface area contributed by atoms with E-state index in [1.807, 2.05) is 42.7 Å². The van der Waals surface area contributed by atoms with Crippen molar-refractivity contribution in [2.24, 2.45) is 0 Å². The maximum Gasteiger partial charge on any atom is 0.256 e. The van der Waals surface area contributed by atoms with Crippen LogP contribution in [0.2, 0.25) is 0 Å². The Balaban J connectivity index is 1.56. The van der Waals surface area contributed by atoms with Crippen LogP contribution in [0, 0.1) is 5.82 Å². The van der Waals surface area contributed by atoms with Crippen molar-refractivity contribution >= 4 is 5.91 Å². The van der Waals surface area contributed by atoms with Gasteiger partial charge in [0, 0.05) is 18.9 Å². The van der Waals surface area contributed by atoms with Crippen LogP contribution in [-0.4, -0.2) is 41.0 Å². The Morgan fingerprint density at radius 2 is 1.81 bits per heavy atom. The average molecular weight is 434 g/mol. The molecule has 0 unspecified atom stereocenters. The second-order valence-electron chi connectivity index (χ2n) is 7.04. The molecule has 1 amide bonds. The summed E-state index contributed by atoms with van der Waals surface area (Å²) in [5, 5.41) is 7.34. The van der Waals surface area contributed by atoms with Crippen LogP contribution >= 0.6 is 0 Å². The monoisotopic (exact) mass is 434 g/mol. The summed E-state index contributed by atoms with van der Waals surface area (Å²) in [6.07, 6.45) is 5.74.